The molecule has 0 fully saturated rings. The number of rotatable bonds is 5. The first kappa shape index (κ1) is 16.9. The number of oxime groups is 1. The van der Waals surface area contributed by atoms with Crippen LogP contribution < -0.4 is 5.32 Å². The van der Waals surface area contributed by atoms with Crippen molar-refractivity contribution in [3.8, 4) is 0 Å². The summed E-state index contributed by atoms with van der Waals surface area (Å²) in [5.74, 6) is -0.121. The molecule has 0 heterocycles. The van der Waals surface area contributed by atoms with Crippen molar-refractivity contribution in [2.75, 3.05) is 13.2 Å². The number of nitrogens with one attached hydrogen (secondary N) is 1. The number of amides is 1. The average Bonchev–Trinajstić information content (AvgIpc) is 2.13. The monoisotopic (exact) mass is 256 g/mol. The van der Waals surface area contributed by atoms with Gasteiger partial charge in [0.15, 0.2) is 6.61 Å². The first-order chi connectivity index (χ1) is 8.02. The molecule has 0 rings (SSSR count). The predicted molar refractivity (Wildman–Crippen MR) is 75.6 cm³/mol. The summed E-state index contributed by atoms with van der Waals surface area (Å²) >= 11 is 0. The fourth-order valence-corrected chi connectivity index (χ4v) is 0.953. The third kappa shape index (κ3) is 9.02. The van der Waals surface area contributed by atoms with Crippen LogP contribution in [0.5, 0.6) is 0 Å². The molecular weight excluding hydrogens is 228 g/mol. The molecule has 0 spiro atoms. The Morgan fingerprint density at radius 2 is 1.72 bits per heavy atom. The molecular formula is C14H28N2O2. The third-order valence-corrected chi connectivity index (χ3v) is 2.68. The molecule has 0 aliphatic rings. The summed E-state index contributed by atoms with van der Waals surface area (Å²) in [6.45, 7) is 15.2. The molecule has 0 aromatic heterocycles. The van der Waals surface area contributed by atoms with E-state index in [1.165, 1.54) is 0 Å². The normalized spacial score (nSPS) is 13.4. The average molecular weight is 256 g/mol. The van der Waals surface area contributed by atoms with E-state index in [1.807, 2.05) is 6.92 Å². The van der Waals surface area contributed by atoms with Crippen LogP contribution in [-0.4, -0.2) is 24.8 Å². The van der Waals surface area contributed by atoms with Crippen LogP contribution >= 0.6 is 0 Å². The third-order valence-electron chi connectivity index (χ3n) is 2.68. The van der Waals surface area contributed by atoms with Crippen molar-refractivity contribution in [3.05, 3.63) is 0 Å². The predicted octanol–water partition coefficient (Wildman–Crippen LogP) is 2.98. The maximum Gasteiger partial charge on any atom is 0.260 e. The number of carbonyl (C=O) groups excluding carboxylic acids is 1. The summed E-state index contributed by atoms with van der Waals surface area (Å²) in [5, 5.41) is 6.77. The summed E-state index contributed by atoms with van der Waals surface area (Å²) in [6.07, 6.45) is 0.947. The minimum absolute atomic E-state index is 0.0163. The molecule has 106 valence electrons. The van der Waals surface area contributed by atoms with Crippen molar-refractivity contribution in [2.45, 2.75) is 54.9 Å². The number of hydrogen-bond acceptors (Lipinski definition) is 3. The van der Waals surface area contributed by atoms with E-state index in [0.717, 1.165) is 12.1 Å². The smallest absolute Gasteiger partial charge is 0.260 e. The molecule has 1 N–H and O–H groups in total. The largest absolute Gasteiger partial charge is 0.386 e. The fourth-order valence-electron chi connectivity index (χ4n) is 0.953. The summed E-state index contributed by atoms with van der Waals surface area (Å²) in [7, 11) is 0. The molecule has 0 bridgehead atoms. The van der Waals surface area contributed by atoms with E-state index in [4.69, 9.17) is 4.84 Å². The highest BCUT2D eigenvalue weighted by molar-refractivity contribution is 5.86. The highest BCUT2D eigenvalue weighted by Crippen LogP contribution is 2.17. The molecule has 0 radical (unpaired) electrons. The first-order valence-electron chi connectivity index (χ1n) is 6.46. The van der Waals surface area contributed by atoms with Gasteiger partial charge in [-0.15, -0.1) is 0 Å². The van der Waals surface area contributed by atoms with E-state index < -0.39 is 0 Å². The van der Waals surface area contributed by atoms with Gasteiger partial charge in [-0.2, -0.15) is 0 Å². The summed E-state index contributed by atoms with van der Waals surface area (Å²) < 4.78 is 0. The van der Waals surface area contributed by atoms with Gasteiger partial charge in [0, 0.05) is 12.0 Å². The van der Waals surface area contributed by atoms with Gasteiger partial charge < -0.3 is 10.2 Å². The lowest BCUT2D eigenvalue weighted by atomic mass is 9.91. The Hall–Kier alpha value is -1.06. The standard InChI is InChI=1S/C14H28N2O2/c1-11(14(5,6)7)16-18-10-12(17)15-9-8-13(2,3)4/h8-10H2,1-7H3,(H,15,17)/b16-11-. The summed E-state index contributed by atoms with van der Waals surface area (Å²) in [6, 6.07) is 0. The van der Waals surface area contributed by atoms with Gasteiger partial charge in [-0.1, -0.05) is 46.7 Å². The number of carbonyl (C=O) groups is 1. The summed E-state index contributed by atoms with van der Waals surface area (Å²) in [4.78, 5) is 16.5. The van der Waals surface area contributed by atoms with Crippen LogP contribution in [0.25, 0.3) is 0 Å². The lowest BCUT2D eigenvalue weighted by Gasteiger charge is -2.18. The van der Waals surface area contributed by atoms with Gasteiger partial charge in [-0.05, 0) is 18.8 Å². The molecule has 18 heavy (non-hydrogen) atoms. The van der Waals surface area contributed by atoms with Crippen LogP contribution in [0.3, 0.4) is 0 Å². The Balaban J connectivity index is 3.86. The first-order valence-corrected chi connectivity index (χ1v) is 6.46. The molecule has 4 heteroatoms. The highest BCUT2D eigenvalue weighted by Gasteiger charge is 2.15. The Kier molecular flexibility index (Phi) is 6.36. The van der Waals surface area contributed by atoms with Crippen LogP contribution in [0, 0.1) is 10.8 Å². The van der Waals surface area contributed by atoms with Gasteiger partial charge in [0.1, 0.15) is 0 Å². The molecule has 1 amide bonds. The zero-order valence-corrected chi connectivity index (χ0v) is 12.9. The van der Waals surface area contributed by atoms with Crippen molar-refractivity contribution in [1.82, 2.24) is 5.32 Å². The lowest BCUT2D eigenvalue weighted by Crippen LogP contribution is -2.30. The summed E-state index contributed by atoms with van der Waals surface area (Å²) in [5.41, 5.74) is 1.09. The van der Waals surface area contributed by atoms with Crippen molar-refractivity contribution in [1.29, 1.82) is 0 Å². The Morgan fingerprint density at radius 3 is 2.17 bits per heavy atom. The van der Waals surface area contributed by atoms with Crippen molar-refractivity contribution in [2.24, 2.45) is 16.0 Å². The fraction of sp³-hybridized carbons (Fsp3) is 0.857. The second kappa shape index (κ2) is 6.76. The molecule has 0 aromatic rings. The van der Waals surface area contributed by atoms with Crippen LogP contribution in [0.15, 0.2) is 5.16 Å². The molecule has 0 aromatic carbocycles. The van der Waals surface area contributed by atoms with Crippen LogP contribution in [0.2, 0.25) is 0 Å². The molecule has 0 aliphatic carbocycles. The molecule has 0 atom stereocenters. The number of hydrogen-bond donors (Lipinski definition) is 1. The number of nitrogens with zero attached hydrogens (tertiary/aromatic N) is 1. The van der Waals surface area contributed by atoms with E-state index in [-0.39, 0.29) is 23.3 Å². The molecule has 0 saturated carbocycles. The van der Waals surface area contributed by atoms with E-state index in [9.17, 15) is 4.79 Å². The van der Waals surface area contributed by atoms with Gasteiger partial charge in [-0.3, -0.25) is 4.79 Å². The van der Waals surface area contributed by atoms with E-state index in [1.54, 1.807) is 0 Å². The van der Waals surface area contributed by atoms with Crippen molar-refractivity contribution < 1.29 is 9.63 Å². The van der Waals surface area contributed by atoms with Gasteiger partial charge in [0.25, 0.3) is 5.91 Å². The topological polar surface area (TPSA) is 50.7 Å². The Bertz CT molecular complexity index is 296. The van der Waals surface area contributed by atoms with Crippen LogP contribution in [-0.2, 0) is 9.63 Å². The minimum Gasteiger partial charge on any atom is -0.386 e. The van der Waals surface area contributed by atoms with Gasteiger partial charge >= 0.3 is 0 Å². The SMILES string of the molecule is C/C(=N/OCC(=O)NCCC(C)(C)C)C(C)(C)C. The molecule has 0 aliphatic heterocycles. The van der Waals surface area contributed by atoms with Crippen molar-refractivity contribution in [3.63, 3.8) is 0 Å². The zero-order chi connectivity index (χ0) is 14.4. The molecule has 4 nitrogen and oxygen atoms in total. The van der Waals surface area contributed by atoms with Gasteiger partial charge in [0.2, 0.25) is 0 Å². The van der Waals surface area contributed by atoms with Crippen LogP contribution in [0.4, 0.5) is 0 Å². The quantitative estimate of drug-likeness (QED) is 0.607. The van der Waals surface area contributed by atoms with E-state index in [0.29, 0.717) is 6.54 Å². The Morgan fingerprint density at radius 1 is 1.17 bits per heavy atom. The molecule has 0 unspecified atom stereocenters. The maximum absolute atomic E-state index is 11.5. The van der Waals surface area contributed by atoms with Gasteiger partial charge in [-0.25, -0.2) is 0 Å². The highest BCUT2D eigenvalue weighted by atomic mass is 16.6. The van der Waals surface area contributed by atoms with Crippen LogP contribution in [0.1, 0.15) is 54.9 Å². The lowest BCUT2D eigenvalue weighted by molar-refractivity contribution is -0.125. The maximum atomic E-state index is 11.5. The van der Waals surface area contributed by atoms with Gasteiger partial charge in [0.05, 0.1) is 5.71 Å². The molecule has 0 saturated heterocycles. The van der Waals surface area contributed by atoms with Crippen molar-refractivity contribution >= 4 is 11.6 Å². The van der Waals surface area contributed by atoms with E-state index >= 15 is 0 Å². The Labute approximate surface area is 111 Å². The second-order valence-corrected chi connectivity index (χ2v) is 6.86. The minimum atomic E-state index is -0.121. The van der Waals surface area contributed by atoms with E-state index in [2.05, 4.69) is 52.0 Å². The second-order valence-electron chi connectivity index (χ2n) is 6.86. The zero-order valence-electron chi connectivity index (χ0n) is 12.9.